The topological polar surface area (TPSA) is 61.8 Å². The van der Waals surface area contributed by atoms with Gasteiger partial charge in [-0.1, -0.05) is 80.5 Å². The highest BCUT2D eigenvalue weighted by atomic mass is 16.3. The summed E-state index contributed by atoms with van der Waals surface area (Å²) >= 11 is 0. The molecule has 0 aliphatic carbocycles. The normalized spacial score (nSPS) is 13.0. The van der Waals surface area contributed by atoms with E-state index >= 15 is 0 Å². The van der Waals surface area contributed by atoms with Gasteiger partial charge in [0.05, 0.1) is 6.20 Å². The number of rotatable bonds is 2. The lowest BCUT2D eigenvalue weighted by molar-refractivity contribution is 0.446. The van der Waals surface area contributed by atoms with Gasteiger partial charge >= 0.3 is 0 Å². The molecule has 3 rings (SSSR count). The molecule has 0 atom stereocenters. The Labute approximate surface area is 180 Å². The number of nitrogens with zero attached hydrogens (tertiary/aromatic N) is 2. The van der Waals surface area contributed by atoms with Crippen LogP contribution in [0.3, 0.4) is 0 Å². The first-order chi connectivity index (χ1) is 13.7. The first-order valence-corrected chi connectivity index (χ1v) is 10.6. The van der Waals surface area contributed by atoms with E-state index in [4.69, 9.17) is 0 Å². The summed E-state index contributed by atoms with van der Waals surface area (Å²) in [5, 5.41) is 22.5. The molecule has 0 radical (unpaired) electrons. The standard InChI is InChI=1S/C26H35N3O/c1-24(2,3)16-10-11-18(19(12-16)22-15-27-29-28-22)20-13-17(25(4,5)6)14-21(23(20)30)26(7,8)9/h10-15,30H,1-9H3,(H,27,28,29). The Morgan fingerprint density at radius 1 is 0.700 bits per heavy atom. The zero-order valence-corrected chi connectivity index (χ0v) is 19.8. The summed E-state index contributed by atoms with van der Waals surface area (Å²) in [6.45, 7) is 19.6. The molecule has 0 bridgehead atoms. The molecule has 1 heterocycles. The number of hydrogen-bond acceptors (Lipinski definition) is 3. The molecule has 30 heavy (non-hydrogen) atoms. The van der Waals surface area contributed by atoms with E-state index in [2.05, 4.69) is 108 Å². The van der Waals surface area contributed by atoms with Gasteiger partial charge in [0, 0.05) is 16.7 Å². The molecule has 0 aliphatic rings. The second kappa shape index (κ2) is 7.26. The van der Waals surface area contributed by atoms with Gasteiger partial charge in [-0.15, -0.1) is 0 Å². The van der Waals surface area contributed by atoms with Crippen molar-refractivity contribution in [2.45, 2.75) is 78.6 Å². The van der Waals surface area contributed by atoms with Crippen molar-refractivity contribution in [2.75, 3.05) is 0 Å². The van der Waals surface area contributed by atoms with Crippen LogP contribution < -0.4 is 0 Å². The fourth-order valence-corrected chi connectivity index (χ4v) is 3.63. The Balaban J connectivity index is 2.38. The summed E-state index contributed by atoms with van der Waals surface area (Å²) in [4.78, 5) is 0. The van der Waals surface area contributed by atoms with E-state index in [1.807, 2.05) is 0 Å². The molecule has 160 valence electrons. The highest BCUT2D eigenvalue weighted by Gasteiger charge is 2.27. The van der Waals surface area contributed by atoms with E-state index in [-0.39, 0.29) is 16.2 Å². The Bertz CT molecular complexity index is 1040. The van der Waals surface area contributed by atoms with Crippen molar-refractivity contribution in [3.05, 3.63) is 53.2 Å². The minimum atomic E-state index is -0.181. The lowest BCUT2D eigenvalue weighted by atomic mass is 9.77. The van der Waals surface area contributed by atoms with Crippen molar-refractivity contribution in [1.82, 2.24) is 15.4 Å². The summed E-state index contributed by atoms with van der Waals surface area (Å²) in [5.74, 6) is 0.337. The van der Waals surface area contributed by atoms with Crippen molar-refractivity contribution in [3.8, 4) is 28.1 Å². The van der Waals surface area contributed by atoms with Crippen molar-refractivity contribution >= 4 is 0 Å². The van der Waals surface area contributed by atoms with Gasteiger partial charge in [-0.2, -0.15) is 15.4 Å². The van der Waals surface area contributed by atoms with Gasteiger partial charge in [0.25, 0.3) is 0 Å². The molecule has 2 N–H and O–H groups in total. The van der Waals surface area contributed by atoms with Crippen molar-refractivity contribution in [3.63, 3.8) is 0 Å². The summed E-state index contributed by atoms with van der Waals surface area (Å²) in [5.41, 5.74) is 6.70. The number of aromatic amines is 1. The Kier molecular flexibility index (Phi) is 5.34. The van der Waals surface area contributed by atoms with Crippen molar-refractivity contribution < 1.29 is 5.11 Å². The van der Waals surface area contributed by atoms with Crippen LogP contribution in [0, 0.1) is 0 Å². The molecule has 3 aromatic rings. The van der Waals surface area contributed by atoms with Crippen LogP contribution in [0.4, 0.5) is 0 Å². The van der Waals surface area contributed by atoms with Crippen molar-refractivity contribution in [1.29, 1.82) is 0 Å². The summed E-state index contributed by atoms with van der Waals surface area (Å²) < 4.78 is 0. The van der Waals surface area contributed by atoms with Crippen LogP contribution in [-0.4, -0.2) is 20.5 Å². The van der Waals surface area contributed by atoms with Crippen LogP contribution in [0.25, 0.3) is 22.4 Å². The fourth-order valence-electron chi connectivity index (χ4n) is 3.63. The molecule has 0 aliphatic heterocycles. The van der Waals surface area contributed by atoms with Gasteiger partial charge in [-0.3, -0.25) is 0 Å². The number of aromatic hydroxyl groups is 1. The lowest BCUT2D eigenvalue weighted by Crippen LogP contribution is -2.17. The molecule has 1 aromatic heterocycles. The number of H-pyrrole nitrogens is 1. The Morgan fingerprint density at radius 2 is 1.30 bits per heavy atom. The van der Waals surface area contributed by atoms with E-state index in [0.29, 0.717) is 5.75 Å². The Morgan fingerprint density at radius 3 is 1.80 bits per heavy atom. The largest absolute Gasteiger partial charge is 0.507 e. The molecule has 0 unspecified atom stereocenters. The molecule has 0 amide bonds. The number of aromatic nitrogens is 3. The van der Waals surface area contributed by atoms with Gasteiger partial charge in [-0.25, -0.2) is 0 Å². The van der Waals surface area contributed by atoms with Crippen LogP contribution in [0.2, 0.25) is 0 Å². The zero-order valence-electron chi connectivity index (χ0n) is 19.8. The maximum absolute atomic E-state index is 11.4. The minimum absolute atomic E-state index is 0.00287. The third-order valence-corrected chi connectivity index (χ3v) is 5.65. The molecule has 4 nitrogen and oxygen atoms in total. The molecule has 0 saturated carbocycles. The maximum Gasteiger partial charge on any atom is 0.127 e. The van der Waals surface area contributed by atoms with Gasteiger partial charge in [0.1, 0.15) is 11.4 Å². The molecule has 0 saturated heterocycles. The minimum Gasteiger partial charge on any atom is -0.507 e. The monoisotopic (exact) mass is 405 g/mol. The predicted molar refractivity (Wildman–Crippen MR) is 125 cm³/mol. The van der Waals surface area contributed by atoms with E-state index in [1.165, 1.54) is 11.1 Å². The maximum atomic E-state index is 11.4. The van der Waals surface area contributed by atoms with Crippen LogP contribution in [0.15, 0.2) is 36.5 Å². The van der Waals surface area contributed by atoms with E-state index < -0.39 is 0 Å². The summed E-state index contributed by atoms with van der Waals surface area (Å²) in [6, 6.07) is 10.7. The number of hydrogen-bond donors (Lipinski definition) is 2. The second-order valence-electron chi connectivity index (χ2n) is 11.3. The van der Waals surface area contributed by atoms with Crippen LogP contribution >= 0.6 is 0 Å². The number of phenolic OH excluding ortho intramolecular Hbond substituents is 1. The average molecular weight is 406 g/mol. The van der Waals surface area contributed by atoms with E-state index in [9.17, 15) is 5.11 Å². The molecule has 2 aromatic carbocycles. The van der Waals surface area contributed by atoms with Crippen LogP contribution in [0.1, 0.15) is 79.0 Å². The number of benzene rings is 2. The lowest BCUT2D eigenvalue weighted by Gasteiger charge is -2.28. The number of phenols is 1. The van der Waals surface area contributed by atoms with Crippen LogP contribution in [-0.2, 0) is 16.2 Å². The highest BCUT2D eigenvalue weighted by molar-refractivity contribution is 5.86. The van der Waals surface area contributed by atoms with Gasteiger partial charge in [-0.05, 0) is 45.1 Å². The van der Waals surface area contributed by atoms with E-state index in [0.717, 1.165) is 27.9 Å². The van der Waals surface area contributed by atoms with Crippen molar-refractivity contribution in [2.24, 2.45) is 0 Å². The quantitative estimate of drug-likeness (QED) is 0.496. The second-order valence-corrected chi connectivity index (χ2v) is 11.3. The third-order valence-electron chi connectivity index (χ3n) is 5.65. The zero-order chi connectivity index (χ0) is 22.5. The van der Waals surface area contributed by atoms with Gasteiger partial charge in [0.15, 0.2) is 0 Å². The first kappa shape index (κ1) is 22.1. The predicted octanol–water partition coefficient (Wildman–Crippen LogP) is 6.74. The molecular formula is C26H35N3O. The van der Waals surface area contributed by atoms with Crippen LogP contribution in [0.5, 0.6) is 5.75 Å². The fraction of sp³-hybridized carbons (Fsp3) is 0.462. The molecule has 0 spiro atoms. The summed E-state index contributed by atoms with van der Waals surface area (Å²) in [6.07, 6.45) is 1.74. The summed E-state index contributed by atoms with van der Waals surface area (Å²) in [7, 11) is 0. The van der Waals surface area contributed by atoms with Gasteiger partial charge < -0.3 is 5.11 Å². The number of nitrogens with one attached hydrogen (secondary N) is 1. The molecule has 4 heteroatoms. The molecular weight excluding hydrogens is 370 g/mol. The molecule has 0 fully saturated rings. The van der Waals surface area contributed by atoms with Gasteiger partial charge in [0.2, 0.25) is 0 Å². The highest BCUT2D eigenvalue weighted by Crippen LogP contribution is 2.45. The Hall–Kier alpha value is -2.62. The third kappa shape index (κ3) is 4.28. The SMILES string of the molecule is CC(C)(C)c1ccc(-c2cc(C(C)(C)C)cc(C(C)(C)C)c2O)c(-c2cn[nH]n2)c1. The smallest absolute Gasteiger partial charge is 0.127 e. The average Bonchev–Trinajstić information content (AvgIpc) is 3.13. The first-order valence-electron chi connectivity index (χ1n) is 10.6. The van der Waals surface area contributed by atoms with E-state index in [1.54, 1.807) is 6.20 Å².